The molecule has 0 spiro atoms. The van der Waals surface area contributed by atoms with Crippen molar-refractivity contribution in [3.8, 4) is 0 Å². The van der Waals surface area contributed by atoms with Crippen LogP contribution in [-0.4, -0.2) is 48.7 Å². The minimum Gasteiger partial charge on any atom is -0.481 e. The maximum absolute atomic E-state index is 10.9. The van der Waals surface area contributed by atoms with Crippen LogP contribution in [-0.2, 0) is 10.2 Å². The number of nitrogens with zero attached hydrogens (tertiary/aromatic N) is 2. The van der Waals surface area contributed by atoms with Gasteiger partial charge in [0.25, 0.3) is 0 Å². The van der Waals surface area contributed by atoms with Crippen LogP contribution in [0.5, 0.6) is 0 Å². The molecule has 1 heterocycles. The van der Waals surface area contributed by atoms with E-state index in [-0.39, 0.29) is 11.3 Å². The second kappa shape index (κ2) is 6.69. The molecule has 1 fully saturated rings. The van der Waals surface area contributed by atoms with Crippen molar-refractivity contribution in [3.05, 3.63) is 29.8 Å². The molecule has 1 aromatic carbocycles. The summed E-state index contributed by atoms with van der Waals surface area (Å²) in [6.45, 7) is 12.9. The highest BCUT2D eigenvalue weighted by Crippen LogP contribution is 2.25. The summed E-state index contributed by atoms with van der Waals surface area (Å²) in [5, 5.41) is 9.00. The first-order valence-electron chi connectivity index (χ1n) is 8.08. The molecule has 0 aliphatic carbocycles. The number of aliphatic carboxylic acids is 1. The van der Waals surface area contributed by atoms with Gasteiger partial charge in [-0.3, -0.25) is 9.69 Å². The summed E-state index contributed by atoms with van der Waals surface area (Å²) >= 11 is 0. The SMILES string of the molecule is CC(CN1CCN(c2ccc(C(C)(C)C)cc2)CC1)C(=O)O. The zero-order chi connectivity index (χ0) is 16.3. The van der Waals surface area contributed by atoms with Crippen LogP contribution in [0.2, 0.25) is 0 Å². The zero-order valence-corrected chi connectivity index (χ0v) is 14.2. The van der Waals surface area contributed by atoms with Crippen LogP contribution in [0.3, 0.4) is 0 Å². The van der Waals surface area contributed by atoms with Gasteiger partial charge in [0.15, 0.2) is 0 Å². The average molecular weight is 304 g/mol. The lowest BCUT2D eigenvalue weighted by atomic mass is 9.87. The lowest BCUT2D eigenvalue weighted by Gasteiger charge is -2.37. The smallest absolute Gasteiger partial charge is 0.307 e. The molecule has 1 unspecified atom stereocenters. The van der Waals surface area contributed by atoms with Crippen LogP contribution in [0.1, 0.15) is 33.3 Å². The first-order chi connectivity index (χ1) is 10.3. The third-order valence-corrected chi connectivity index (χ3v) is 4.42. The second-order valence-corrected chi connectivity index (χ2v) is 7.32. The second-order valence-electron chi connectivity index (χ2n) is 7.32. The Morgan fingerprint density at radius 2 is 1.68 bits per heavy atom. The number of benzene rings is 1. The molecule has 1 aliphatic rings. The number of rotatable bonds is 4. The Hall–Kier alpha value is -1.55. The van der Waals surface area contributed by atoms with E-state index in [0.717, 1.165) is 26.2 Å². The Bertz CT molecular complexity index is 497. The van der Waals surface area contributed by atoms with E-state index in [2.05, 4.69) is 54.8 Å². The molecule has 1 aliphatic heterocycles. The van der Waals surface area contributed by atoms with E-state index >= 15 is 0 Å². The monoisotopic (exact) mass is 304 g/mol. The van der Waals surface area contributed by atoms with Gasteiger partial charge in [-0.1, -0.05) is 39.8 Å². The average Bonchev–Trinajstić information content (AvgIpc) is 2.47. The number of anilines is 1. The minimum absolute atomic E-state index is 0.185. The largest absolute Gasteiger partial charge is 0.481 e. The standard InChI is InChI=1S/C18H28N2O2/c1-14(17(21)22)13-19-9-11-20(12-10-19)16-7-5-15(6-8-16)18(2,3)4/h5-8,14H,9-13H2,1-4H3,(H,21,22). The topological polar surface area (TPSA) is 43.8 Å². The maximum atomic E-state index is 10.9. The van der Waals surface area contributed by atoms with Crippen LogP contribution >= 0.6 is 0 Å². The number of hydrogen-bond acceptors (Lipinski definition) is 3. The molecule has 0 bridgehead atoms. The van der Waals surface area contributed by atoms with Gasteiger partial charge in [0, 0.05) is 38.4 Å². The normalized spacial score (nSPS) is 18.3. The number of piperazine rings is 1. The Labute approximate surface area is 133 Å². The number of carboxylic acid groups (broad SMARTS) is 1. The first-order valence-corrected chi connectivity index (χ1v) is 8.08. The van der Waals surface area contributed by atoms with Crippen molar-refractivity contribution in [1.82, 2.24) is 4.90 Å². The van der Waals surface area contributed by atoms with E-state index < -0.39 is 5.97 Å². The van der Waals surface area contributed by atoms with Gasteiger partial charge in [0.05, 0.1) is 5.92 Å². The van der Waals surface area contributed by atoms with Gasteiger partial charge in [-0.2, -0.15) is 0 Å². The fourth-order valence-electron chi connectivity index (χ4n) is 2.83. The summed E-state index contributed by atoms with van der Waals surface area (Å²) in [5.74, 6) is -1.00. The van der Waals surface area contributed by atoms with Gasteiger partial charge in [-0.25, -0.2) is 0 Å². The highest BCUT2D eigenvalue weighted by molar-refractivity contribution is 5.69. The van der Waals surface area contributed by atoms with Crippen molar-refractivity contribution in [3.63, 3.8) is 0 Å². The summed E-state index contributed by atoms with van der Waals surface area (Å²) in [4.78, 5) is 15.6. The van der Waals surface area contributed by atoms with Crippen LogP contribution in [0.25, 0.3) is 0 Å². The maximum Gasteiger partial charge on any atom is 0.307 e. The molecule has 22 heavy (non-hydrogen) atoms. The molecular formula is C18H28N2O2. The van der Waals surface area contributed by atoms with E-state index in [0.29, 0.717) is 6.54 Å². The van der Waals surface area contributed by atoms with Gasteiger partial charge in [0.1, 0.15) is 0 Å². The van der Waals surface area contributed by atoms with Gasteiger partial charge in [-0.15, -0.1) is 0 Å². The number of hydrogen-bond donors (Lipinski definition) is 1. The van der Waals surface area contributed by atoms with Crippen molar-refractivity contribution in [2.24, 2.45) is 5.92 Å². The summed E-state index contributed by atoms with van der Waals surface area (Å²) in [7, 11) is 0. The lowest BCUT2D eigenvalue weighted by molar-refractivity contribution is -0.141. The highest BCUT2D eigenvalue weighted by atomic mass is 16.4. The zero-order valence-electron chi connectivity index (χ0n) is 14.2. The van der Waals surface area contributed by atoms with Crippen molar-refractivity contribution in [1.29, 1.82) is 0 Å². The van der Waals surface area contributed by atoms with Gasteiger partial charge in [-0.05, 0) is 23.1 Å². The molecule has 0 saturated carbocycles. The Kier molecular flexibility index (Phi) is 5.12. The van der Waals surface area contributed by atoms with E-state index in [4.69, 9.17) is 5.11 Å². The van der Waals surface area contributed by atoms with Crippen molar-refractivity contribution in [2.45, 2.75) is 33.1 Å². The Morgan fingerprint density at radius 1 is 1.14 bits per heavy atom. The fourth-order valence-corrected chi connectivity index (χ4v) is 2.83. The van der Waals surface area contributed by atoms with Gasteiger partial charge < -0.3 is 10.0 Å². The molecule has 4 heteroatoms. The van der Waals surface area contributed by atoms with Crippen LogP contribution in [0.15, 0.2) is 24.3 Å². The molecule has 1 saturated heterocycles. The molecule has 0 aromatic heterocycles. The quantitative estimate of drug-likeness (QED) is 0.929. The van der Waals surface area contributed by atoms with Crippen molar-refractivity contribution >= 4 is 11.7 Å². The minimum atomic E-state index is -0.708. The van der Waals surface area contributed by atoms with E-state index in [1.807, 2.05) is 0 Å². The first kappa shape index (κ1) is 16.8. The van der Waals surface area contributed by atoms with Crippen LogP contribution in [0.4, 0.5) is 5.69 Å². The number of carbonyl (C=O) groups is 1. The molecule has 1 N–H and O–H groups in total. The fraction of sp³-hybridized carbons (Fsp3) is 0.611. The summed E-state index contributed by atoms with van der Waals surface area (Å²) in [6.07, 6.45) is 0. The summed E-state index contributed by atoms with van der Waals surface area (Å²) in [6, 6.07) is 8.84. The van der Waals surface area contributed by atoms with Gasteiger partial charge >= 0.3 is 5.97 Å². The third-order valence-electron chi connectivity index (χ3n) is 4.42. The molecule has 122 valence electrons. The van der Waals surface area contributed by atoms with Crippen LogP contribution in [0, 0.1) is 5.92 Å². The molecule has 1 atom stereocenters. The molecule has 0 radical (unpaired) electrons. The van der Waals surface area contributed by atoms with Gasteiger partial charge in [0.2, 0.25) is 0 Å². The van der Waals surface area contributed by atoms with E-state index in [1.165, 1.54) is 11.3 Å². The van der Waals surface area contributed by atoms with Crippen LogP contribution < -0.4 is 4.90 Å². The lowest BCUT2D eigenvalue weighted by Crippen LogP contribution is -2.48. The summed E-state index contributed by atoms with van der Waals surface area (Å²) in [5.41, 5.74) is 2.80. The predicted molar refractivity (Wildman–Crippen MR) is 90.6 cm³/mol. The Balaban J connectivity index is 1.90. The van der Waals surface area contributed by atoms with Crippen molar-refractivity contribution < 1.29 is 9.90 Å². The molecule has 4 nitrogen and oxygen atoms in total. The highest BCUT2D eigenvalue weighted by Gasteiger charge is 2.21. The summed E-state index contributed by atoms with van der Waals surface area (Å²) < 4.78 is 0. The molecule has 1 aromatic rings. The molecular weight excluding hydrogens is 276 g/mol. The van der Waals surface area contributed by atoms with Crippen molar-refractivity contribution in [2.75, 3.05) is 37.6 Å². The molecule has 2 rings (SSSR count). The van der Waals surface area contributed by atoms with E-state index in [9.17, 15) is 4.79 Å². The van der Waals surface area contributed by atoms with E-state index in [1.54, 1.807) is 6.92 Å². The number of carboxylic acids is 1. The Morgan fingerprint density at radius 3 is 2.14 bits per heavy atom. The predicted octanol–water partition coefficient (Wildman–Crippen LogP) is 2.83. The third kappa shape index (κ3) is 4.23. The molecule has 0 amide bonds.